The number of likely N-dealkylation sites (N-methyl/N-ethyl adjacent to an activating group) is 1. The van der Waals surface area contributed by atoms with Crippen LogP contribution in [0.2, 0.25) is 0 Å². The van der Waals surface area contributed by atoms with E-state index in [0.717, 1.165) is 23.5 Å². The SMILES string of the molecule is Cc1nnc(N2C(=O)c3oc4ccc(F)cc4c(=O)c3C23C(=O)N(C)c2ccccc23)s1. The van der Waals surface area contributed by atoms with Crippen LogP contribution in [-0.4, -0.2) is 29.1 Å². The first kappa shape index (κ1) is 18.8. The zero-order valence-corrected chi connectivity index (χ0v) is 17.6. The fourth-order valence-electron chi connectivity index (χ4n) is 4.62. The van der Waals surface area contributed by atoms with Gasteiger partial charge in [0.1, 0.15) is 16.4 Å². The molecule has 8 nitrogen and oxygen atoms in total. The third-order valence-electron chi connectivity index (χ3n) is 5.92. The van der Waals surface area contributed by atoms with Crippen LogP contribution in [0.3, 0.4) is 0 Å². The van der Waals surface area contributed by atoms with E-state index in [0.29, 0.717) is 16.3 Å². The molecule has 10 heteroatoms. The number of nitrogens with zero attached hydrogens (tertiary/aromatic N) is 4. The predicted molar refractivity (Wildman–Crippen MR) is 115 cm³/mol. The maximum absolute atomic E-state index is 14.0. The Morgan fingerprint density at radius 3 is 2.62 bits per heavy atom. The van der Waals surface area contributed by atoms with Crippen LogP contribution >= 0.6 is 11.3 Å². The molecule has 2 aliphatic heterocycles. The van der Waals surface area contributed by atoms with Crippen molar-refractivity contribution in [1.29, 1.82) is 0 Å². The Bertz CT molecular complexity index is 1560. The van der Waals surface area contributed by atoms with Gasteiger partial charge in [0.25, 0.3) is 11.8 Å². The normalized spacial score (nSPS) is 19.3. The number of aromatic nitrogens is 2. The summed E-state index contributed by atoms with van der Waals surface area (Å²) in [7, 11) is 1.57. The molecule has 4 heterocycles. The lowest BCUT2D eigenvalue weighted by molar-refractivity contribution is -0.121. The molecule has 0 radical (unpaired) electrons. The fourth-order valence-corrected chi connectivity index (χ4v) is 5.35. The number of aryl methyl sites for hydroxylation is 1. The highest BCUT2D eigenvalue weighted by Crippen LogP contribution is 2.53. The Balaban J connectivity index is 1.81. The lowest BCUT2D eigenvalue weighted by atomic mass is 9.84. The monoisotopic (exact) mass is 448 g/mol. The summed E-state index contributed by atoms with van der Waals surface area (Å²) in [5.74, 6) is -2.09. The van der Waals surface area contributed by atoms with Crippen LogP contribution in [0.15, 0.2) is 51.7 Å². The number of carbonyl (C=O) groups excluding carboxylic acids is 2. The molecule has 2 aromatic heterocycles. The first-order chi connectivity index (χ1) is 15.4. The quantitative estimate of drug-likeness (QED) is 0.444. The van der Waals surface area contributed by atoms with E-state index in [1.807, 2.05) is 0 Å². The highest BCUT2D eigenvalue weighted by atomic mass is 32.1. The topological polar surface area (TPSA) is 96.6 Å². The van der Waals surface area contributed by atoms with Crippen LogP contribution < -0.4 is 15.2 Å². The number of para-hydroxylation sites is 1. The van der Waals surface area contributed by atoms with Crippen molar-refractivity contribution in [3.8, 4) is 0 Å². The Morgan fingerprint density at radius 2 is 1.88 bits per heavy atom. The molecule has 0 saturated carbocycles. The van der Waals surface area contributed by atoms with Crippen molar-refractivity contribution in [1.82, 2.24) is 10.2 Å². The lowest BCUT2D eigenvalue weighted by Crippen LogP contribution is -2.53. The molecular formula is C22H13FN4O4S. The minimum absolute atomic E-state index is 0.0500. The summed E-state index contributed by atoms with van der Waals surface area (Å²) >= 11 is 1.12. The van der Waals surface area contributed by atoms with E-state index < -0.39 is 28.6 Å². The van der Waals surface area contributed by atoms with Crippen LogP contribution in [0.5, 0.6) is 0 Å². The average Bonchev–Trinajstić information content (AvgIpc) is 3.38. The van der Waals surface area contributed by atoms with Gasteiger partial charge in [0, 0.05) is 18.3 Å². The molecule has 0 fully saturated rings. The van der Waals surface area contributed by atoms with Gasteiger partial charge in [-0.2, -0.15) is 0 Å². The van der Waals surface area contributed by atoms with Crippen LogP contribution in [0.4, 0.5) is 15.2 Å². The number of hydrogen-bond acceptors (Lipinski definition) is 7. The molecule has 32 heavy (non-hydrogen) atoms. The highest BCUT2D eigenvalue weighted by Gasteiger charge is 2.65. The predicted octanol–water partition coefficient (Wildman–Crippen LogP) is 2.97. The van der Waals surface area contributed by atoms with Crippen molar-refractivity contribution >= 4 is 44.9 Å². The minimum Gasteiger partial charge on any atom is -0.450 e. The molecular weight excluding hydrogens is 435 g/mol. The average molecular weight is 448 g/mol. The molecule has 2 aliphatic rings. The van der Waals surface area contributed by atoms with E-state index in [2.05, 4.69) is 10.2 Å². The largest absolute Gasteiger partial charge is 0.450 e. The molecule has 0 bridgehead atoms. The maximum atomic E-state index is 14.0. The summed E-state index contributed by atoms with van der Waals surface area (Å²) in [4.78, 5) is 43.9. The second-order valence-corrected chi connectivity index (χ2v) is 8.77. The van der Waals surface area contributed by atoms with Crippen molar-refractivity contribution in [3.63, 3.8) is 0 Å². The van der Waals surface area contributed by atoms with E-state index in [-0.39, 0.29) is 27.4 Å². The summed E-state index contributed by atoms with van der Waals surface area (Å²) in [5.41, 5.74) is -1.57. The zero-order chi connectivity index (χ0) is 22.4. The third-order valence-corrected chi connectivity index (χ3v) is 6.75. The van der Waals surface area contributed by atoms with Gasteiger partial charge in [-0.15, -0.1) is 10.2 Å². The Labute approximate surface area is 183 Å². The lowest BCUT2D eigenvalue weighted by Gasteiger charge is -2.31. The smallest absolute Gasteiger partial charge is 0.297 e. The second kappa shape index (κ2) is 6.07. The van der Waals surface area contributed by atoms with E-state index in [4.69, 9.17) is 4.42 Å². The molecule has 2 amide bonds. The van der Waals surface area contributed by atoms with Crippen LogP contribution in [0.25, 0.3) is 11.0 Å². The van der Waals surface area contributed by atoms with Crippen molar-refractivity contribution in [2.75, 3.05) is 16.8 Å². The molecule has 6 rings (SSSR count). The molecule has 1 spiro atoms. The highest BCUT2D eigenvalue weighted by molar-refractivity contribution is 7.15. The number of hydrogen-bond donors (Lipinski definition) is 0. The number of carbonyl (C=O) groups is 2. The van der Waals surface area contributed by atoms with Crippen LogP contribution in [0, 0.1) is 12.7 Å². The van der Waals surface area contributed by atoms with Gasteiger partial charge in [-0.25, -0.2) is 4.39 Å². The van der Waals surface area contributed by atoms with Crippen molar-refractivity contribution in [2.45, 2.75) is 12.5 Å². The molecule has 4 aromatic rings. The molecule has 0 N–H and O–H groups in total. The summed E-state index contributed by atoms with van der Waals surface area (Å²) in [6.07, 6.45) is 0. The second-order valence-electron chi connectivity index (χ2n) is 7.61. The van der Waals surface area contributed by atoms with Crippen molar-refractivity contribution in [2.24, 2.45) is 0 Å². The fraction of sp³-hybridized carbons (Fsp3) is 0.136. The molecule has 0 saturated heterocycles. The molecule has 1 atom stereocenters. The summed E-state index contributed by atoms with van der Waals surface area (Å²) in [5, 5.41) is 8.78. The Morgan fingerprint density at radius 1 is 1.09 bits per heavy atom. The Kier molecular flexibility index (Phi) is 3.57. The van der Waals surface area contributed by atoms with Gasteiger partial charge >= 0.3 is 0 Å². The van der Waals surface area contributed by atoms with Gasteiger partial charge in [-0.05, 0) is 31.2 Å². The molecule has 1 unspecified atom stereocenters. The number of anilines is 2. The maximum Gasteiger partial charge on any atom is 0.297 e. The van der Waals surface area contributed by atoms with E-state index in [1.165, 1.54) is 15.9 Å². The van der Waals surface area contributed by atoms with Gasteiger partial charge in [0.15, 0.2) is 11.0 Å². The summed E-state index contributed by atoms with van der Waals surface area (Å²) in [6.45, 7) is 1.72. The standard InChI is InChI=1S/C22H13FN4O4S/c1-10-24-25-21(32-10)27-19(29)18-16(17(28)12-9-11(23)7-8-15(12)31-18)22(27)13-5-3-4-6-14(13)26(2)20(22)30/h3-9H,1-2H3. The molecule has 0 aliphatic carbocycles. The number of halogens is 1. The summed E-state index contributed by atoms with van der Waals surface area (Å²) in [6, 6.07) is 10.4. The van der Waals surface area contributed by atoms with Gasteiger partial charge < -0.3 is 9.32 Å². The third kappa shape index (κ3) is 2.07. The van der Waals surface area contributed by atoms with Crippen molar-refractivity contribution < 1.29 is 18.4 Å². The Hall–Kier alpha value is -3.92. The van der Waals surface area contributed by atoms with Gasteiger partial charge in [-0.1, -0.05) is 29.5 Å². The van der Waals surface area contributed by atoms with Gasteiger partial charge in [0.2, 0.25) is 10.9 Å². The number of amides is 2. The minimum atomic E-state index is -1.83. The number of fused-ring (bicyclic) bond motifs is 5. The first-order valence-corrected chi connectivity index (χ1v) is 10.5. The van der Waals surface area contributed by atoms with Crippen LogP contribution in [0.1, 0.15) is 26.7 Å². The van der Waals surface area contributed by atoms with Gasteiger partial charge in [-0.3, -0.25) is 19.3 Å². The zero-order valence-electron chi connectivity index (χ0n) is 16.7. The first-order valence-electron chi connectivity index (χ1n) is 9.65. The van der Waals surface area contributed by atoms with E-state index >= 15 is 0 Å². The van der Waals surface area contributed by atoms with Crippen molar-refractivity contribution in [3.05, 3.63) is 80.4 Å². The van der Waals surface area contributed by atoms with Gasteiger partial charge in [0.05, 0.1) is 10.9 Å². The number of rotatable bonds is 1. The molecule has 2 aromatic carbocycles. The number of benzene rings is 2. The van der Waals surface area contributed by atoms with Crippen LogP contribution in [-0.2, 0) is 10.3 Å². The van der Waals surface area contributed by atoms with E-state index in [9.17, 15) is 18.8 Å². The van der Waals surface area contributed by atoms with E-state index in [1.54, 1.807) is 38.2 Å². The molecule has 158 valence electrons. The summed E-state index contributed by atoms with van der Waals surface area (Å²) < 4.78 is 19.8.